The van der Waals surface area contributed by atoms with Gasteiger partial charge in [-0.15, -0.1) is 5.10 Å². The summed E-state index contributed by atoms with van der Waals surface area (Å²) in [7, 11) is 1.81. The lowest BCUT2D eigenvalue weighted by atomic mass is 9.81. The number of aryl methyl sites for hydroxylation is 1. The van der Waals surface area contributed by atoms with Gasteiger partial charge in [0.25, 0.3) is 0 Å². The van der Waals surface area contributed by atoms with Crippen LogP contribution in [0.3, 0.4) is 0 Å². The maximum atomic E-state index is 14.3. The fourth-order valence-corrected chi connectivity index (χ4v) is 3.35. The second kappa shape index (κ2) is 6.66. The number of ether oxygens (including phenoxy) is 1. The molecule has 0 spiro atoms. The molecule has 8 nitrogen and oxygen atoms in total. The Kier molecular flexibility index (Phi) is 4.00. The van der Waals surface area contributed by atoms with E-state index in [2.05, 4.69) is 25.4 Å². The maximum Gasteiger partial charge on any atom is 0.220 e. The second-order valence-electron chi connectivity index (χ2n) is 6.90. The average Bonchev–Trinajstić information content (AvgIpc) is 3.24. The van der Waals surface area contributed by atoms with Gasteiger partial charge in [-0.2, -0.15) is 10.1 Å². The molecule has 1 fully saturated rings. The smallest absolute Gasteiger partial charge is 0.220 e. The van der Waals surface area contributed by atoms with Gasteiger partial charge in [-0.3, -0.25) is 4.68 Å². The molecule has 142 valence electrons. The van der Waals surface area contributed by atoms with Crippen LogP contribution in [0, 0.1) is 5.82 Å². The van der Waals surface area contributed by atoms with Gasteiger partial charge in [0.2, 0.25) is 5.88 Å². The Morgan fingerprint density at radius 2 is 2.11 bits per heavy atom. The van der Waals surface area contributed by atoms with Crippen LogP contribution in [0.4, 0.5) is 4.39 Å². The van der Waals surface area contributed by atoms with Crippen LogP contribution in [0.2, 0.25) is 0 Å². The Bertz CT molecular complexity index is 1150. The number of halogens is 1. The molecular formula is C19H18FN7O. The van der Waals surface area contributed by atoms with Crippen molar-refractivity contribution in [2.45, 2.75) is 31.8 Å². The van der Waals surface area contributed by atoms with Gasteiger partial charge in [-0.05, 0) is 30.9 Å². The molecule has 0 saturated heterocycles. The van der Waals surface area contributed by atoms with Crippen molar-refractivity contribution in [1.29, 1.82) is 0 Å². The first-order chi connectivity index (χ1) is 13.7. The number of aromatic nitrogens is 7. The summed E-state index contributed by atoms with van der Waals surface area (Å²) in [5, 5.41) is 12.4. The van der Waals surface area contributed by atoms with E-state index in [9.17, 15) is 4.39 Å². The van der Waals surface area contributed by atoms with Gasteiger partial charge in [0, 0.05) is 24.4 Å². The number of rotatable bonds is 5. The summed E-state index contributed by atoms with van der Waals surface area (Å²) in [6.07, 6.45) is 6.74. The van der Waals surface area contributed by atoms with Crippen molar-refractivity contribution in [3.63, 3.8) is 0 Å². The van der Waals surface area contributed by atoms with E-state index in [0.717, 1.165) is 18.4 Å². The summed E-state index contributed by atoms with van der Waals surface area (Å²) in [5.41, 5.74) is 2.20. The Labute approximate surface area is 160 Å². The highest BCUT2D eigenvalue weighted by Gasteiger charge is 2.26. The van der Waals surface area contributed by atoms with Gasteiger partial charge < -0.3 is 4.74 Å². The Morgan fingerprint density at radius 1 is 1.25 bits per heavy atom. The van der Waals surface area contributed by atoms with Gasteiger partial charge in [0.15, 0.2) is 11.5 Å². The van der Waals surface area contributed by atoms with Crippen LogP contribution in [-0.4, -0.2) is 34.6 Å². The number of nitrogens with zero attached hydrogens (tertiary/aromatic N) is 7. The summed E-state index contributed by atoms with van der Waals surface area (Å²) in [5.74, 6) is 1.23. The SMILES string of the molecule is Cn1ncnc1COc1nc2c(-c3ccccc3F)nnn2cc1C1CCC1. The lowest BCUT2D eigenvalue weighted by Crippen LogP contribution is -2.14. The molecule has 0 N–H and O–H groups in total. The molecule has 0 radical (unpaired) electrons. The molecule has 0 bridgehead atoms. The van der Waals surface area contributed by atoms with E-state index >= 15 is 0 Å². The molecule has 1 saturated carbocycles. The van der Waals surface area contributed by atoms with Crippen molar-refractivity contribution in [3.05, 3.63) is 54.0 Å². The summed E-state index contributed by atoms with van der Waals surface area (Å²) in [4.78, 5) is 8.86. The summed E-state index contributed by atoms with van der Waals surface area (Å²) in [6.45, 7) is 0.246. The zero-order chi connectivity index (χ0) is 19.1. The highest BCUT2D eigenvalue weighted by molar-refractivity contribution is 5.74. The Hall–Kier alpha value is -3.36. The predicted octanol–water partition coefficient (Wildman–Crippen LogP) is 2.91. The highest BCUT2D eigenvalue weighted by atomic mass is 19.1. The monoisotopic (exact) mass is 379 g/mol. The molecule has 3 aromatic heterocycles. The summed E-state index contributed by atoms with van der Waals surface area (Å²) in [6, 6.07) is 6.47. The van der Waals surface area contributed by atoms with Gasteiger partial charge >= 0.3 is 0 Å². The zero-order valence-corrected chi connectivity index (χ0v) is 15.3. The van der Waals surface area contributed by atoms with Crippen molar-refractivity contribution < 1.29 is 9.13 Å². The molecular weight excluding hydrogens is 361 g/mol. The van der Waals surface area contributed by atoms with Crippen LogP contribution in [0.15, 0.2) is 36.8 Å². The van der Waals surface area contributed by atoms with Gasteiger partial charge in [-0.1, -0.05) is 23.8 Å². The van der Waals surface area contributed by atoms with Gasteiger partial charge in [-0.25, -0.2) is 13.9 Å². The molecule has 3 heterocycles. The first kappa shape index (κ1) is 16.8. The predicted molar refractivity (Wildman–Crippen MR) is 98.1 cm³/mol. The minimum atomic E-state index is -0.365. The molecule has 1 aliphatic rings. The lowest BCUT2D eigenvalue weighted by Gasteiger charge is -2.26. The lowest BCUT2D eigenvalue weighted by molar-refractivity contribution is 0.268. The fraction of sp³-hybridized carbons (Fsp3) is 0.316. The average molecular weight is 379 g/mol. The third kappa shape index (κ3) is 2.79. The van der Waals surface area contributed by atoms with E-state index in [1.165, 1.54) is 18.8 Å². The largest absolute Gasteiger partial charge is 0.469 e. The van der Waals surface area contributed by atoms with E-state index in [0.29, 0.717) is 34.5 Å². The zero-order valence-electron chi connectivity index (χ0n) is 15.3. The van der Waals surface area contributed by atoms with Crippen LogP contribution < -0.4 is 4.74 Å². The first-order valence-electron chi connectivity index (χ1n) is 9.17. The molecule has 0 aliphatic heterocycles. The van der Waals surface area contributed by atoms with Crippen LogP contribution in [0.5, 0.6) is 5.88 Å². The van der Waals surface area contributed by atoms with E-state index in [-0.39, 0.29) is 12.4 Å². The summed E-state index contributed by atoms with van der Waals surface area (Å²) >= 11 is 0. The molecule has 0 atom stereocenters. The number of benzene rings is 1. The standard InChI is InChI=1S/C19H18FN7O/c1-26-16(21-11-22-26)10-28-19-14(12-5-4-6-12)9-27-18(23-19)17(24-25-27)13-7-2-3-8-15(13)20/h2-3,7-9,11-12H,4-6,10H2,1H3. The number of hydrogen-bond donors (Lipinski definition) is 0. The van der Waals surface area contributed by atoms with Gasteiger partial charge in [0.05, 0.1) is 0 Å². The summed E-state index contributed by atoms with van der Waals surface area (Å²) < 4.78 is 23.6. The number of hydrogen-bond acceptors (Lipinski definition) is 6. The van der Waals surface area contributed by atoms with E-state index in [1.54, 1.807) is 27.4 Å². The Morgan fingerprint density at radius 3 is 2.82 bits per heavy atom. The van der Waals surface area contributed by atoms with Gasteiger partial charge in [0.1, 0.15) is 24.4 Å². The van der Waals surface area contributed by atoms with Crippen molar-refractivity contribution >= 4 is 5.65 Å². The van der Waals surface area contributed by atoms with Crippen molar-refractivity contribution in [1.82, 2.24) is 34.6 Å². The van der Waals surface area contributed by atoms with Crippen molar-refractivity contribution in [2.75, 3.05) is 0 Å². The van der Waals surface area contributed by atoms with E-state index in [1.807, 2.05) is 13.2 Å². The van der Waals surface area contributed by atoms with Crippen molar-refractivity contribution in [3.8, 4) is 17.1 Å². The van der Waals surface area contributed by atoms with Crippen LogP contribution >= 0.6 is 0 Å². The fourth-order valence-electron chi connectivity index (χ4n) is 3.35. The quantitative estimate of drug-likeness (QED) is 0.530. The van der Waals surface area contributed by atoms with E-state index < -0.39 is 0 Å². The molecule has 0 unspecified atom stereocenters. The molecule has 0 amide bonds. The van der Waals surface area contributed by atoms with E-state index in [4.69, 9.17) is 4.74 Å². The molecule has 28 heavy (non-hydrogen) atoms. The molecule has 5 rings (SSSR count). The normalized spacial score (nSPS) is 14.4. The third-order valence-corrected chi connectivity index (χ3v) is 5.20. The molecule has 1 aliphatic carbocycles. The molecule has 4 aromatic rings. The minimum Gasteiger partial charge on any atom is -0.469 e. The number of fused-ring (bicyclic) bond motifs is 1. The molecule has 1 aromatic carbocycles. The van der Waals surface area contributed by atoms with Crippen LogP contribution in [0.25, 0.3) is 16.9 Å². The minimum absolute atomic E-state index is 0.246. The van der Waals surface area contributed by atoms with Crippen molar-refractivity contribution in [2.24, 2.45) is 7.05 Å². The topological polar surface area (TPSA) is 83.0 Å². The maximum absolute atomic E-state index is 14.3. The molecule has 9 heteroatoms. The van der Waals surface area contributed by atoms with Crippen LogP contribution in [-0.2, 0) is 13.7 Å². The first-order valence-corrected chi connectivity index (χ1v) is 9.17. The highest BCUT2D eigenvalue weighted by Crippen LogP contribution is 2.40. The van der Waals surface area contributed by atoms with Crippen LogP contribution in [0.1, 0.15) is 36.6 Å². The Balaban J connectivity index is 1.58. The third-order valence-electron chi connectivity index (χ3n) is 5.20. The second-order valence-corrected chi connectivity index (χ2v) is 6.90.